The van der Waals surface area contributed by atoms with Gasteiger partial charge >= 0.3 is 0 Å². The number of rotatable bonds is 7. The van der Waals surface area contributed by atoms with Crippen molar-refractivity contribution in [2.24, 2.45) is 0 Å². The minimum atomic E-state index is 0. The van der Waals surface area contributed by atoms with Crippen molar-refractivity contribution in [2.75, 3.05) is 0 Å². The van der Waals surface area contributed by atoms with Crippen LogP contribution in [-0.2, 0) is 25.5 Å². The molecule has 0 bridgehead atoms. The third-order valence-corrected chi connectivity index (χ3v) is 11.9. The number of aromatic nitrogens is 3. The maximum absolute atomic E-state index is 5.05. The molecule has 0 saturated heterocycles. The van der Waals surface area contributed by atoms with E-state index in [1.54, 1.807) is 0 Å². The van der Waals surface area contributed by atoms with Gasteiger partial charge in [-0.05, 0) is 129 Å². The molecule has 0 N–H and O–H groups in total. The van der Waals surface area contributed by atoms with E-state index in [2.05, 4.69) is 204 Å². The Morgan fingerprint density at radius 1 is 0.394 bits per heavy atom. The molecule has 0 aliphatic heterocycles. The molecule has 0 fully saturated rings. The summed E-state index contributed by atoms with van der Waals surface area (Å²) in [5.41, 5.74) is 20.4. The Kier molecular flexibility index (Phi) is 13.8. The van der Waals surface area contributed by atoms with Gasteiger partial charge in [-0.2, -0.15) is 0 Å². The van der Waals surface area contributed by atoms with Gasteiger partial charge < -0.3 is 9.97 Å². The summed E-state index contributed by atoms with van der Waals surface area (Å²) < 4.78 is 0. The number of aryl methyl sites for hydroxylation is 3. The molecule has 0 spiro atoms. The van der Waals surface area contributed by atoms with Crippen molar-refractivity contribution in [1.82, 2.24) is 15.0 Å². The Morgan fingerprint density at radius 3 is 1.68 bits per heavy atom. The fourth-order valence-electron chi connectivity index (χ4n) is 8.45. The van der Waals surface area contributed by atoms with E-state index in [1.807, 2.05) is 54.9 Å². The molecule has 0 aliphatic carbocycles. The smallest absolute Gasteiger partial charge is 0.0708 e. The molecule has 10 rings (SSSR count). The largest absolute Gasteiger partial charge is 0.305 e. The Bertz CT molecular complexity index is 3260. The van der Waals surface area contributed by atoms with Gasteiger partial charge in [-0.15, -0.1) is 71.3 Å². The molecule has 0 atom stereocenters. The zero-order valence-corrected chi connectivity index (χ0v) is 40.6. The molecule has 7 aromatic carbocycles. The average molecular weight is 1030 g/mol. The monoisotopic (exact) mass is 1030 g/mol. The molecule has 0 amide bonds. The quantitative estimate of drug-likeness (QED) is 0.149. The van der Waals surface area contributed by atoms with Gasteiger partial charge in [0.1, 0.15) is 0 Å². The summed E-state index contributed by atoms with van der Waals surface area (Å²) in [4.78, 5) is 14.1. The van der Waals surface area contributed by atoms with Crippen LogP contribution in [0.15, 0.2) is 201 Å². The summed E-state index contributed by atoms with van der Waals surface area (Å²) in [6.45, 7) is 13.1. The first-order valence-electron chi connectivity index (χ1n) is 22.2. The van der Waals surface area contributed by atoms with E-state index in [4.69, 9.17) is 9.97 Å². The molecular weight excluding hydrogens is 979 g/mol. The zero-order valence-electron chi connectivity index (χ0n) is 38.2. The predicted octanol–water partition coefficient (Wildman–Crippen LogP) is 16.2. The van der Waals surface area contributed by atoms with Gasteiger partial charge in [0.2, 0.25) is 0 Å². The molecule has 4 heteroatoms. The summed E-state index contributed by atoms with van der Waals surface area (Å²) >= 11 is 0. The molecule has 0 unspecified atom stereocenters. The first kappa shape index (κ1) is 45.5. The second-order valence-electron chi connectivity index (χ2n) is 17.8. The van der Waals surface area contributed by atoms with Gasteiger partial charge in [0.15, 0.2) is 0 Å². The van der Waals surface area contributed by atoms with E-state index >= 15 is 0 Å². The molecule has 10 aromatic rings. The van der Waals surface area contributed by atoms with Gasteiger partial charge in [0, 0.05) is 49.6 Å². The van der Waals surface area contributed by atoms with Crippen molar-refractivity contribution < 1.29 is 20.1 Å². The minimum absolute atomic E-state index is 0. The van der Waals surface area contributed by atoms with Gasteiger partial charge in [-0.25, -0.2) is 0 Å². The molecular formula is C62H51IrN3-2. The Morgan fingerprint density at radius 2 is 1.00 bits per heavy atom. The van der Waals surface area contributed by atoms with Crippen molar-refractivity contribution in [3.8, 4) is 78.3 Å². The van der Waals surface area contributed by atoms with Crippen LogP contribution in [0.25, 0.3) is 89.1 Å². The molecule has 3 nitrogen and oxygen atoms in total. The minimum Gasteiger partial charge on any atom is -0.305 e. The normalized spacial score (nSPS) is 11.1. The summed E-state index contributed by atoms with van der Waals surface area (Å²) in [6.07, 6.45) is 5.79. The summed E-state index contributed by atoms with van der Waals surface area (Å²) in [6, 6.07) is 70.9. The van der Waals surface area contributed by atoms with Crippen LogP contribution in [0.3, 0.4) is 0 Å². The summed E-state index contributed by atoms with van der Waals surface area (Å²) in [7, 11) is 0. The maximum Gasteiger partial charge on any atom is 0.0708 e. The fraction of sp³-hybridized carbons (Fsp3) is 0.113. The Hall–Kier alpha value is -7.10. The molecule has 1 radical (unpaired) electrons. The Balaban J connectivity index is 0.000000363. The van der Waals surface area contributed by atoms with E-state index < -0.39 is 0 Å². The second kappa shape index (κ2) is 20.0. The first-order valence-corrected chi connectivity index (χ1v) is 22.2. The number of benzene rings is 7. The van der Waals surface area contributed by atoms with Crippen molar-refractivity contribution in [1.29, 1.82) is 0 Å². The van der Waals surface area contributed by atoms with Gasteiger partial charge in [-0.1, -0.05) is 135 Å². The molecule has 0 saturated carbocycles. The van der Waals surface area contributed by atoms with Crippen LogP contribution in [0.5, 0.6) is 0 Å². The number of pyridine rings is 3. The third-order valence-electron chi connectivity index (χ3n) is 11.9. The van der Waals surface area contributed by atoms with Crippen LogP contribution < -0.4 is 0 Å². The average Bonchev–Trinajstić information content (AvgIpc) is 3.34. The molecule has 3 aromatic heterocycles. The van der Waals surface area contributed by atoms with E-state index in [0.717, 1.165) is 55.7 Å². The molecule has 0 aliphatic rings. The van der Waals surface area contributed by atoms with Gasteiger partial charge in [-0.3, -0.25) is 4.98 Å². The third kappa shape index (κ3) is 10.2. The van der Waals surface area contributed by atoms with E-state index in [-0.39, 0.29) is 25.5 Å². The summed E-state index contributed by atoms with van der Waals surface area (Å²) in [5, 5.41) is 2.26. The van der Waals surface area contributed by atoms with Crippen LogP contribution in [0, 0.1) is 32.9 Å². The van der Waals surface area contributed by atoms with Crippen molar-refractivity contribution in [3.63, 3.8) is 0 Å². The van der Waals surface area contributed by atoms with E-state index in [0.29, 0.717) is 0 Å². The number of nitrogens with zero attached hydrogens (tertiary/aromatic N) is 3. The molecule has 66 heavy (non-hydrogen) atoms. The second-order valence-corrected chi connectivity index (χ2v) is 17.8. The van der Waals surface area contributed by atoms with Crippen molar-refractivity contribution >= 4 is 10.8 Å². The predicted molar refractivity (Wildman–Crippen MR) is 272 cm³/mol. The molecule has 325 valence electrons. The standard InChI is InChI=1S/C50H41N2.C12H10N.Ir/c1-33-19-20-43(34(2)25-33)40-27-39(35-13-8-6-9-14-35)28-41(29-40)45-22-21-44(47-32-52-49(31-46(45)47)36-15-10-7-11-16-36)37-17-12-18-38(26-37)48-30-42(23-24-51-48)50(3,4)5;1-10-7-8-13-12(9-10)11-5-3-2-4-6-11;/h6-17,19-32H,1-5H3;2-5,7-9H,1H3;/q2*-1;. The van der Waals surface area contributed by atoms with Crippen LogP contribution in [-0.4, -0.2) is 15.0 Å². The maximum atomic E-state index is 5.05. The van der Waals surface area contributed by atoms with Crippen LogP contribution in [0.2, 0.25) is 0 Å². The fourth-order valence-corrected chi connectivity index (χ4v) is 8.45. The van der Waals surface area contributed by atoms with Gasteiger partial charge in [0.05, 0.1) is 5.69 Å². The van der Waals surface area contributed by atoms with Crippen LogP contribution >= 0.6 is 0 Å². The Labute approximate surface area is 403 Å². The van der Waals surface area contributed by atoms with Gasteiger partial charge in [0.25, 0.3) is 0 Å². The van der Waals surface area contributed by atoms with Crippen LogP contribution in [0.1, 0.15) is 43.0 Å². The molecule has 3 heterocycles. The number of hydrogen-bond acceptors (Lipinski definition) is 3. The zero-order chi connectivity index (χ0) is 44.9. The van der Waals surface area contributed by atoms with Crippen LogP contribution in [0.4, 0.5) is 0 Å². The topological polar surface area (TPSA) is 38.7 Å². The number of fused-ring (bicyclic) bond motifs is 1. The van der Waals surface area contributed by atoms with Crippen molar-refractivity contribution in [2.45, 2.75) is 47.0 Å². The number of hydrogen-bond donors (Lipinski definition) is 0. The van der Waals surface area contributed by atoms with E-state index in [9.17, 15) is 0 Å². The van der Waals surface area contributed by atoms with Crippen molar-refractivity contribution in [3.05, 3.63) is 235 Å². The summed E-state index contributed by atoms with van der Waals surface area (Å²) in [5.74, 6) is 0. The van der Waals surface area contributed by atoms with E-state index in [1.165, 1.54) is 55.6 Å². The first-order chi connectivity index (χ1) is 31.6. The SMILES string of the molecule is Cc1ccc(-c2cc(-c3ccccc3)cc(-c3ccc(-c4cc[c-]c(-c5cc(C(C)(C)C)ccn5)c4)c4cnc(-c5ccccc5)cc34)c2)c(C)c1.Cc1ccnc(-c2[c-]cccc2)c1.[Ir].